The molecule has 0 aliphatic rings. The number of para-hydroxylation sites is 1. The summed E-state index contributed by atoms with van der Waals surface area (Å²) in [5, 5.41) is 3.75. The van der Waals surface area contributed by atoms with Crippen molar-refractivity contribution in [1.82, 2.24) is 4.98 Å². The molecule has 3 aromatic rings. The van der Waals surface area contributed by atoms with E-state index in [1.54, 1.807) is 38.6 Å². The van der Waals surface area contributed by atoms with E-state index in [4.69, 9.17) is 9.47 Å². The normalized spacial score (nSPS) is 10.5. The molecule has 1 amide bonds. The molecular weight excluding hydrogens is 280 g/mol. The van der Waals surface area contributed by atoms with Gasteiger partial charge in [0.15, 0.2) is 0 Å². The highest BCUT2D eigenvalue weighted by Gasteiger charge is 2.14. The first kappa shape index (κ1) is 14.0. The number of hydrogen-bond donors (Lipinski definition) is 2. The number of aromatic amines is 1. The van der Waals surface area contributed by atoms with E-state index < -0.39 is 0 Å². The third-order valence-electron chi connectivity index (χ3n) is 3.49. The van der Waals surface area contributed by atoms with Gasteiger partial charge in [0.2, 0.25) is 0 Å². The van der Waals surface area contributed by atoms with Crippen LogP contribution >= 0.6 is 0 Å². The Morgan fingerprint density at radius 3 is 2.68 bits per heavy atom. The molecule has 22 heavy (non-hydrogen) atoms. The summed E-state index contributed by atoms with van der Waals surface area (Å²) in [5.41, 5.74) is 2.11. The van der Waals surface area contributed by atoms with Crippen LogP contribution in [0, 0.1) is 0 Å². The highest BCUT2D eigenvalue weighted by Crippen LogP contribution is 2.30. The molecular formula is C17H16N2O3. The Bertz CT molecular complexity index is 824. The van der Waals surface area contributed by atoms with Gasteiger partial charge in [-0.15, -0.1) is 0 Å². The third-order valence-corrected chi connectivity index (χ3v) is 3.49. The predicted octanol–water partition coefficient (Wildman–Crippen LogP) is 3.44. The zero-order chi connectivity index (χ0) is 15.5. The van der Waals surface area contributed by atoms with Gasteiger partial charge in [-0.25, -0.2) is 0 Å². The van der Waals surface area contributed by atoms with Gasteiger partial charge >= 0.3 is 0 Å². The number of H-pyrrole nitrogens is 1. The quantitative estimate of drug-likeness (QED) is 0.775. The molecule has 2 N–H and O–H groups in total. The Morgan fingerprint density at radius 1 is 1.09 bits per heavy atom. The van der Waals surface area contributed by atoms with Crippen molar-refractivity contribution >= 4 is 22.5 Å². The van der Waals surface area contributed by atoms with Crippen LogP contribution < -0.4 is 14.8 Å². The second kappa shape index (κ2) is 5.81. The van der Waals surface area contributed by atoms with Crippen LogP contribution in [0.5, 0.6) is 11.5 Å². The Morgan fingerprint density at radius 2 is 1.91 bits per heavy atom. The summed E-state index contributed by atoms with van der Waals surface area (Å²) in [6.07, 6.45) is 1.70. The van der Waals surface area contributed by atoms with Crippen LogP contribution in [0.3, 0.4) is 0 Å². The van der Waals surface area contributed by atoms with Crippen molar-refractivity contribution < 1.29 is 14.3 Å². The lowest BCUT2D eigenvalue weighted by Gasteiger charge is -2.11. The van der Waals surface area contributed by atoms with E-state index in [0.29, 0.717) is 22.7 Å². The fourth-order valence-corrected chi connectivity index (χ4v) is 2.35. The maximum Gasteiger partial charge on any atom is 0.257 e. The van der Waals surface area contributed by atoms with Crippen LogP contribution in [0.2, 0.25) is 0 Å². The molecule has 0 radical (unpaired) electrons. The third kappa shape index (κ3) is 2.48. The second-order valence-corrected chi connectivity index (χ2v) is 4.77. The minimum Gasteiger partial charge on any atom is -0.497 e. The summed E-state index contributed by atoms with van der Waals surface area (Å²) in [4.78, 5) is 15.6. The van der Waals surface area contributed by atoms with E-state index in [9.17, 15) is 4.79 Å². The van der Waals surface area contributed by atoms with Gasteiger partial charge in [0.1, 0.15) is 11.5 Å². The van der Waals surface area contributed by atoms with Crippen molar-refractivity contribution in [1.29, 1.82) is 0 Å². The number of amides is 1. The zero-order valence-corrected chi connectivity index (χ0v) is 12.3. The molecule has 0 atom stereocenters. The summed E-state index contributed by atoms with van der Waals surface area (Å²) in [5.74, 6) is 1.02. The molecule has 5 nitrogen and oxygen atoms in total. The number of benzene rings is 2. The molecule has 0 fully saturated rings. The van der Waals surface area contributed by atoms with Crippen molar-refractivity contribution in [2.24, 2.45) is 0 Å². The summed E-state index contributed by atoms with van der Waals surface area (Å²) >= 11 is 0. The standard InChI is InChI=1S/C17H16N2O3/c1-21-11-7-8-15(16(9-11)22-2)19-17(20)13-10-18-14-6-4-3-5-12(13)14/h3-10,18H,1-2H3,(H,19,20). The largest absolute Gasteiger partial charge is 0.497 e. The van der Waals surface area contributed by atoms with Crippen LogP contribution in [0.1, 0.15) is 10.4 Å². The van der Waals surface area contributed by atoms with Gasteiger partial charge in [-0.2, -0.15) is 0 Å². The number of carbonyl (C=O) groups is 1. The smallest absolute Gasteiger partial charge is 0.257 e. The Kier molecular flexibility index (Phi) is 3.70. The monoisotopic (exact) mass is 296 g/mol. The molecule has 3 rings (SSSR count). The fraction of sp³-hybridized carbons (Fsp3) is 0.118. The van der Waals surface area contributed by atoms with Crippen LogP contribution in [-0.2, 0) is 0 Å². The van der Waals surface area contributed by atoms with Crippen molar-refractivity contribution in [2.75, 3.05) is 19.5 Å². The van der Waals surface area contributed by atoms with Crippen LogP contribution in [0.25, 0.3) is 10.9 Å². The van der Waals surface area contributed by atoms with Crippen molar-refractivity contribution in [3.8, 4) is 11.5 Å². The number of fused-ring (bicyclic) bond motifs is 1. The van der Waals surface area contributed by atoms with Gasteiger partial charge in [0, 0.05) is 23.2 Å². The fourth-order valence-electron chi connectivity index (χ4n) is 2.35. The van der Waals surface area contributed by atoms with Crippen molar-refractivity contribution in [3.05, 3.63) is 54.2 Å². The van der Waals surface area contributed by atoms with Gasteiger partial charge in [-0.1, -0.05) is 18.2 Å². The number of anilines is 1. The topological polar surface area (TPSA) is 63.3 Å². The molecule has 2 aromatic carbocycles. The SMILES string of the molecule is COc1ccc(NC(=O)c2c[nH]c3ccccc23)c(OC)c1. The zero-order valence-electron chi connectivity index (χ0n) is 12.3. The molecule has 5 heteroatoms. The van der Waals surface area contributed by atoms with E-state index in [1.165, 1.54) is 0 Å². The molecule has 0 aliphatic heterocycles. The molecule has 0 spiro atoms. The molecule has 0 bridgehead atoms. The summed E-state index contributed by atoms with van der Waals surface area (Å²) < 4.78 is 10.4. The molecule has 1 aromatic heterocycles. The average molecular weight is 296 g/mol. The highest BCUT2D eigenvalue weighted by molar-refractivity contribution is 6.13. The number of carbonyl (C=O) groups excluding carboxylic acids is 1. The highest BCUT2D eigenvalue weighted by atomic mass is 16.5. The lowest BCUT2D eigenvalue weighted by atomic mass is 10.1. The lowest BCUT2D eigenvalue weighted by molar-refractivity contribution is 0.102. The van der Waals surface area contributed by atoms with Crippen molar-refractivity contribution in [2.45, 2.75) is 0 Å². The summed E-state index contributed by atoms with van der Waals surface area (Å²) in [6, 6.07) is 12.9. The van der Waals surface area contributed by atoms with Gasteiger partial charge < -0.3 is 19.8 Å². The minimum absolute atomic E-state index is 0.194. The molecule has 0 unspecified atom stereocenters. The second-order valence-electron chi connectivity index (χ2n) is 4.77. The number of hydrogen-bond acceptors (Lipinski definition) is 3. The average Bonchev–Trinajstić information content (AvgIpc) is 2.99. The van der Waals surface area contributed by atoms with E-state index in [0.717, 1.165) is 10.9 Å². The van der Waals surface area contributed by atoms with E-state index >= 15 is 0 Å². The maximum atomic E-state index is 12.5. The first-order valence-electron chi connectivity index (χ1n) is 6.82. The van der Waals surface area contributed by atoms with E-state index in [2.05, 4.69) is 10.3 Å². The first-order valence-corrected chi connectivity index (χ1v) is 6.82. The number of rotatable bonds is 4. The summed E-state index contributed by atoms with van der Waals surface area (Å²) in [7, 11) is 3.13. The Balaban J connectivity index is 1.91. The number of nitrogens with one attached hydrogen (secondary N) is 2. The molecule has 112 valence electrons. The molecule has 0 saturated heterocycles. The van der Waals surface area contributed by atoms with Crippen molar-refractivity contribution in [3.63, 3.8) is 0 Å². The maximum absolute atomic E-state index is 12.5. The first-order chi connectivity index (χ1) is 10.7. The lowest BCUT2D eigenvalue weighted by Crippen LogP contribution is -2.12. The Labute approximate surface area is 127 Å². The summed E-state index contributed by atoms with van der Waals surface area (Å²) in [6.45, 7) is 0. The molecule has 0 aliphatic carbocycles. The van der Waals surface area contributed by atoms with E-state index in [-0.39, 0.29) is 5.91 Å². The minimum atomic E-state index is -0.194. The number of ether oxygens (including phenoxy) is 2. The van der Waals surface area contributed by atoms with Gasteiger partial charge in [-0.3, -0.25) is 4.79 Å². The van der Waals surface area contributed by atoms with Crippen LogP contribution in [0.15, 0.2) is 48.7 Å². The molecule has 0 saturated carbocycles. The van der Waals surface area contributed by atoms with Gasteiger partial charge in [0.25, 0.3) is 5.91 Å². The van der Waals surface area contributed by atoms with Crippen LogP contribution in [0.4, 0.5) is 5.69 Å². The van der Waals surface area contributed by atoms with E-state index in [1.807, 2.05) is 24.3 Å². The Hall–Kier alpha value is -2.95. The van der Waals surface area contributed by atoms with Gasteiger partial charge in [0.05, 0.1) is 25.5 Å². The van der Waals surface area contributed by atoms with Gasteiger partial charge in [-0.05, 0) is 18.2 Å². The number of aromatic nitrogens is 1. The number of methoxy groups -OCH3 is 2. The van der Waals surface area contributed by atoms with Crippen LogP contribution in [-0.4, -0.2) is 25.1 Å². The predicted molar refractivity (Wildman–Crippen MR) is 85.8 cm³/mol. The molecule has 1 heterocycles.